The van der Waals surface area contributed by atoms with Gasteiger partial charge in [0.2, 0.25) is 17.8 Å². The summed E-state index contributed by atoms with van der Waals surface area (Å²) in [4.78, 5) is 34.9. The van der Waals surface area contributed by atoms with Crippen LogP contribution in [0.5, 0.6) is 0 Å². The maximum atomic E-state index is 12.4. The number of nitrogens with one attached hydrogen (secondary N) is 3. The highest BCUT2D eigenvalue weighted by molar-refractivity contribution is 5.94. The van der Waals surface area contributed by atoms with Gasteiger partial charge in [-0.3, -0.25) is 9.59 Å². The molecule has 1 aromatic carbocycles. The lowest BCUT2D eigenvalue weighted by Crippen LogP contribution is -2.40. The molecular formula is C21H26N6O3. The van der Waals surface area contributed by atoms with Crippen molar-refractivity contribution in [3.05, 3.63) is 36.0 Å². The number of ether oxygens (including phenoxy) is 1. The van der Waals surface area contributed by atoms with Crippen LogP contribution in [0.15, 0.2) is 30.3 Å². The van der Waals surface area contributed by atoms with Crippen molar-refractivity contribution in [3.8, 4) is 0 Å². The van der Waals surface area contributed by atoms with Gasteiger partial charge in [0.15, 0.2) is 0 Å². The average Bonchev–Trinajstić information content (AvgIpc) is 2.76. The molecule has 0 bridgehead atoms. The van der Waals surface area contributed by atoms with Gasteiger partial charge in [-0.15, -0.1) is 0 Å². The van der Waals surface area contributed by atoms with Crippen LogP contribution in [0.25, 0.3) is 0 Å². The van der Waals surface area contributed by atoms with Gasteiger partial charge in [0, 0.05) is 49.2 Å². The standard InChI is InChI=1S/C21H26N6O3/c1-14-12-18(26-21(23-14)27-8-10-30-11-9-27)24-16-3-5-17(6-4-16)25-20(29)15-2-7-19(28)22-13-15/h3-6,12,15H,2,7-11,13H2,1H3,(H,22,28)(H,25,29)(H,23,24,26). The summed E-state index contributed by atoms with van der Waals surface area (Å²) in [5, 5.41) is 8.96. The number of benzene rings is 1. The minimum Gasteiger partial charge on any atom is -0.378 e. The summed E-state index contributed by atoms with van der Waals surface area (Å²) >= 11 is 0. The van der Waals surface area contributed by atoms with Crippen LogP contribution >= 0.6 is 0 Å². The van der Waals surface area contributed by atoms with E-state index in [0.717, 1.165) is 36.0 Å². The van der Waals surface area contributed by atoms with Crippen LogP contribution in [0.1, 0.15) is 18.5 Å². The molecule has 2 amide bonds. The SMILES string of the molecule is Cc1cc(Nc2ccc(NC(=O)C3CCC(=O)NC3)cc2)nc(N2CCOCC2)n1. The number of morpholine rings is 1. The topological polar surface area (TPSA) is 108 Å². The molecule has 1 aromatic heterocycles. The Morgan fingerprint density at radius 2 is 1.90 bits per heavy atom. The molecule has 2 fully saturated rings. The number of piperidine rings is 1. The van der Waals surface area contributed by atoms with Gasteiger partial charge >= 0.3 is 0 Å². The maximum absolute atomic E-state index is 12.4. The van der Waals surface area contributed by atoms with E-state index >= 15 is 0 Å². The fraction of sp³-hybridized carbons (Fsp3) is 0.429. The summed E-state index contributed by atoms with van der Waals surface area (Å²) in [6.45, 7) is 5.26. The van der Waals surface area contributed by atoms with Crippen molar-refractivity contribution in [2.45, 2.75) is 19.8 Å². The number of aromatic nitrogens is 2. The van der Waals surface area contributed by atoms with E-state index in [4.69, 9.17) is 4.74 Å². The lowest BCUT2D eigenvalue weighted by molar-refractivity contribution is -0.126. The number of aryl methyl sites for hydroxylation is 1. The second kappa shape index (κ2) is 9.08. The highest BCUT2D eigenvalue weighted by atomic mass is 16.5. The number of carbonyl (C=O) groups excluding carboxylic acids is 2. The Bertz CT molecular complexity index is 901. The monoisotopic (exact) mass is 410 g/mol. The molecule has 1 unspecified atom stereocenters. The molecule has 9 nitrogen and oxygen atoms in total. The highest BCUT2D eigenvalue weighted by Crippen LogP contribution is 2.21. The third-order valence-corrected chi connectivity index (χ3v) is 5.20. The molecule has 0 saturated carbocycles. The number of amides is 2. The van der Waals surface area contributed by atoms with Gasteiger partial charge in [-0.2, -0.15) is 4.98 Å². The summed E-state index contributed by atoms with van der Waals surface area (Å²) in [6, 6.07) is 9.38. The normalized spacial score (nSPS) is 19.2. The summed E-state index contributed by atoms with van der Waals surface area (Å²) in [5.74, 6) is 1.16. The van der Waals surface area contributed by atoms with Gasteiger partial charge in [0.25, 0.3) is 0 Å². The minimum absolute atomic E-state index is 0.00575. The molecule has 9 heteroatoms. The number of nitrogens with zero attached hydrogens (tertiary/aromatic N) is 3. The smallest absolute Gasteiger partial charge is 0.229 e. The molecule has 30 heavy (non-hydrogen) atoms. The second-order valence-electron chi connectivity index (χ2n) is 7.53. The third-order valence-electron chi connectivity index (χ3n) is 5.20. The van der Waals surface area contributed by atoms with Crippen LogP contribution in [0.4, 0.5) is 23.1 Å². The molecule has 2 saturated heterocycles. The zero-order chi connectivity index (χ0) is 20.9. The first-order valence-corrected chi connectivity index (χ1v) is 10.2. The Balaban J connectivity index is 1.38. The van der Waals surface area contributed by atoms with Crippen molar-refractivity contribution in [1.29, 1.82) is 0 Å². The van der Waals surface area contributed by atoms with Crippen molar-refractivity contribution < 1.29 is 14.3 Å². The Morgan fingerprint density at radius 1 is 1.17 bits per heavy atom. The lowest BCUT2D eigenvalue weighted by Gasteiger charge is -2.27. The first-order valence-electron chi connectivity index (χ1n) is 10.2. The maximum Gasteiger partial charge on any atom is 0.229 e. The number of carbonyl (C=O) groups is 2. The van der Waals surface area contributed by atoms with Crippen molar-refractivity contribution in [2.75, 3.05) is 48.4 Å². The predicted molar refractivity (Wildman–Crippen MR) is 114 cm³/mol. The van der Waals surface area contributed by atoms with Gasteiger partial charge in [-0.1, -0.05) is 0 Å². The first-order chi connectivity index (χ1) is 14.6. The molecule has 3 heterocycles. The van der Waals surface area contributed by atoms with Crippen LogP contribution < -0.4 is 20.9 Å². The molecule has 0 radical (unpaired) electrons. The van der Waals surface area contributed by atoms with Gasteiger partial charge in [0.1, 0.15) is 5.82 Å². The molecule has 2 aliphatic heterocycles. The Hall–Kier alpha value is -3.20. The van der Waals surface area contributed by atoms with E-state index in [9.17, 15) is 9.59 Å². The van der Waals surface area contributed by atoms with E-state index in [1.807, 2.05) is 37.3 Å². The zero-order valence-corrected chi connectivity index (χ0v) is 17.0. The highest BCUT2D eigenvalue weighted by Gasteiger charge is 2.24. The average molecular weight is 410 g/mol. The Labute approximate surface area is 175 Å². The number of hydrogen-bond donors (Lipinski definition) is 3. The summed E-state index contributed by atoms with van der Waals surface area (Å²) in [7, 11) is 0. The van der Waals surface area contributed by atoms with Crippen LogP contribution in [0.3, 0.4) is 0 Å². The van der Waals surface area contributed by atoms with Gasteiger partial charge in [0.05, 0.1) is 19.1 Å². The van der Waals surface area contributed by atoms with Crippen molar-refractivity contribution in [1.82, 2.24) is 15.3 Å². The molecule has 0 aliphatic carbocycles. The predicted octanol–water partition coefficient (Wildman–Crippen LogP) is 1.83. The molecular weight excluding hydrogens is 384 g/mol. The number of hydrogen-bond acceptors (Lipinski definition) is 7. The van der Waals surface area contributed by atoms with Crippen LogP contribution in [0, 0.1) is 12.8 Å². The summed E-state index contributed by atoms with van der Waals surface area (Å²) in [5.41, 5.74) is 2.47. The molecule has 2 aromatic rings. The molecule has 158 valence electrons. The quantitative estimate of drug-likeness (QED) is 0.690. The molecule has 2 aliphatic rings. The molecule has 1 atom stereocenters. The number of rotatable bonds is 5. The van der Waals surface area contributed by atoms with Crippen molar-refractivity contribution in [3.63, 3.8) is 0 Å². The third kappa shape index (κ3) is 5.04. The number of anilines is 4. The lowest BCUT2D eigenvalue weighted by atomic mass is 9.98. The zero-order valence-electron chi connectivity index (χ0n) is 17.0. The first kappa shape index (κ1) is 20.1. The van der Waals surface area contributed by atoms with Gasteiger partial charge in [-0.25, -0.2) is 4.98 Å². The summed E-state index contributed by atoms with van der Waals surface area (Å²) in [6.07, 6.45) is 0.974. The molecule has 0 spiro atoms. The van der Waals surface area contributed by atoms with E-state index in [0.29, 0.717) is 38.5 Å². The fourth-order valence-corrected chi connectivity index (χ4v) is 3.51. The fourth-order valence-electron chi connectivity index (χ4n) is 3.51. The van der Waals surface area contributed by atoms with Crippen molar-refractivity contribution >= 4 is 35.0 Å². The van der Waals surface area contributed by atoms with E-state index in [1.54, 1.807) is 0 Å². The van der Waals surface area contributed by atoms with Crippen LogP contribution in [-0.4, -0.2) is 54.6 Å². The molecule has 3 N–H and O–H groups in total. The summed E-state index contributed by atoms with van der Waals surface area (Å²) < 4.78 is 5.40. The van der Waals surface area contributed by atoms with E-state index in [-0.39, 0.29) is 17.7 Å². The second-order valence-corrected chi connectivity index (χ2v) is 7.53. The van der Waals surface area contributed by atoms with Crippen LogP contribution in [-0.2, 0) is 14.3 Å². The van der Waals surface area contributed by atoms with Gasteiger partial charge < -0.3 is 25.6 Å². The Kier molecular flexibility index (Phi) is 6.08. The van der Waals surface area contributed by atoms with Crippen LogP contribution in [0.2, 0.25) is 0 Å². The van der Waals surface area contributed by atoms with E-state index in [2.05, 4.69) is 30.8 Å². The van der Waals surface area contributed by atoms with Gasteiger partial charge in [-0.05, 0) is 37.6 Å². The minimum atomic E-state index is -0.192. The van der Waals surface area contributed by atoms with Crippen molar-refractivity contribution in [2.24, 2.45) is 5.92 Å². The Morgan fingerprint density at radius 3 is 2.60 bits per heavy atom. The largest absolute Gasteiger partial charge is 0.378 e. The van der Waals surface area contributed by atoms with E-state index in [1.165, 1.54) is 0 Å². The van der Waals surface area contributed by atoms with E-state index < -0.39 is 0 Å². The molecule has 4 rings (SSSR count).